The van der Waals surface area contributed by atoms with E-state index < -0.39 is 18.3 Å². The molecule has 136 valence electrons. The van der Waals surface area contributed by atoms with Crippen molar-refractivity contribution in [3.8, 4) is 11.3 Å². The summed E-state index contributed by atoms with van der Waals surface area (Å²) in [4.78, 5) is 0. The van der Waals surface area contributed by atoms with Crippen LogP contribution in [0, 0.1) is 5.82 Å². The lowest BCUT2D eigenvalue weighted by molar-refractivity contribution is 0.00578. The first-order valence-electron chi connectivity index (χ1n) is 8.60. The van der Waals surface area contributed by atoms with Gasteiger partial charge in [0.25, 0.3) is 0 Å². The minimum absolute atomic E-state index is 0.368. The third-order valence-corrected chi connectivity index (χ3v) is 5.47. The molecule has 4 rings (SSSR count). The fourth-order valence-corrected chi connectivity index (χ4v) is 3.23. The summed E-state index contributed by atoms with van der Waals surface area (Å²) in [6, 6.07) is 3.57. The molecule has 6 nitrogen and oxygen atoms in total. The summed E-state index contributed by atoms with van der Waals surface area (Å²) in [7, 11) is 2.86. The Labute approximate surface area is 152 Å². The second kappa shape index (κ2) is 5.41. The maximum atomic E-state index is 15.6. The van der Waals surface area contributed by atoms with Crippen molar-refractivity contribution in [3.05, 3.63) is 30.3 Å². The predicted octanol–water partition coefficient (Wildman–Crippen LogP) is 2.41. The topological polar surface area (TPSA) is 54.1 Å². The summed E-state index contributed by atoms with van der Waals surface area (Å²) in [5.74, 6) is -0.368. The van der Waals surface area contributed by atoms with Crippen LogP contribution in [0.2, 0.25) is 0 Å². The number of rotatable bonds is 2. The number of benzene rings is 1. The third kappa shape index (κ3) is 2.40. The van der Waals surface area contributed by atoms with Gasteiger partial charge in [0.1, 0.15) is 11.5 Å². The predicted molar refractivity (Wildman–Crippen MR) is 98.6 cm³/mol. The van der Waals surface area contributed by atoms with Gasteiger partial charge in [0.05, 0.1) is 28.3 Å². The Morgan fingerprint density at radius 3 is 2.31 bits per heavy atom. The first kappa shape index (κ1) is 17.2. The molecule has 0 spiro atoms. The van der Waals surface area contributed by atoms with E-state index in [1.165, 1.54) is 0 Å². The van der Waals surface area contributed by atoms with Crippen molar-refractivity contribution in [1.29, 1.82) is 0 Å². The van der Waals surface area contributed by atoms with Crippen molar-refractivity contribution in [2.45, 2.75) is 38.9 Å². The Balaban J connectivity index is 1.88. The highest BCUT2D eigenvalue weighted by Gasteiger charge is 2.52. The van der Waals surface area contributed by atoms with Gasteiger partial charge in [0.2, 0.25) is 0 Å². The van der Waals surface area contributed by atoms with Crippen LogP contribution in [0.3, 0.4) is 0 Å². The molecule has 0 radical (unpaired) electrons. The lowest BCUT2D eigenvalue weighted by atomic mass is 9.78. The molecule has 8 heteroatoms. The van der Waals surface area contributed by atoms with Crippen LogP contribution in [-0.4, -0.2) is 37.9 Å². The summed E-state index contributed by atoms with van der Waals surface area (Å²) in [6.07, 6.45) is 3.51. The normalized spacial score (nSPS) is 18.8. The van der Waals surface area contributed by atoms with Gasteiger partial charge in [-0.1, -0.05) is 6.07 Å². The van der Waals surface area contributed by atoms with Crippen LogP contribution < -0.4 is 5.46 Å². The zero-order valence-electron chi connectivity index (χ0n) is 15.9. The molecule has 0 unspecified atom stereocenters. The van der Waals surface area contributed by atoms with E-state index in [1.54, 1.807) is 28.7 Å². The van der Waals surface area contributed by atoms with Crippen LogP contribution in [0.5, 0.6) is 0 Å². The molecule has 3 heterocycles. The average Bonchev–Trinajstić information content (AvgIpc) is 3.16. The number of nitrogens with zero attached hydrogens (tertiary/aromatic N) is 4. The standard InChI is InChI=1S/C18H22BFN4O2/c1-17(2)18(3,4)26-19(25-17)12-7-8-13-14(15(12)20)16(22-24(13)6)11-9-21-23(5)10-11/h7-10H,1-6H3. The highest BCUT2D eigenvalue weighted by atomic mass is 19.1. The lowest BCUT2D eigenvalue weighted by Gasteiger charge is -2.32. The number of hydrogen-bond donors (Lipinski definition) is 0. The Hall–Kier alpha value is -2.19. The minimum atomic E-state index is -0.758. The number of aromatic nitrogens is 4. The molecule has 0 aliphatic carbocycles. The second-order valence-electron chi connectivity index (χ2n) is 7.83. The molecule has 1 aromatic carbocycles. The van der Waals surface area contributed by atoms with Gasteiger partial charge in [-0.3, -0.25) is 9.36 Å². The molecule has 0 atom stereocenters. The average molecular weight is 356 g/mol. The van der Waals surface area contributed by atoms with E-state index in [0.717, 1.165) is 5.56 Å². The molecule has 0 saturated carbocycles. The Morgan fingerprint density at radius 1 is 1.08 bits per heavy atom. The summed E-state index contributed by atoms with van der Waals surface area (Å²) in [5.41, 5.74) is 1.37. The lowest BCUT2D eigenvalue weighted by Crippen LogP contribution is -2.41. The van der Waals surface area contributed by atoms with Crippen molar-refractivity contribution < 1.29 is 13.7 Å². The van der Waals surface area contributed by atoms with Crippen LogP contribution in [-0.2, 0) is 23.4 Å². The zero-order valence-corrected chi connectivity index (χ0v) is 15.9. The zero-order chi connectivity index (χ0) is 18.9. The van der Waals surface area contributed by atoms with Crippen molar-refractivity contribution >= 4 is 23.5 Å². The van der Waals surface area contributed by atoms with Gasteiger partial charge < -0.3 is 9.31 Å². The number of fused-ring (bicyclic) bond motifs is 1. The van der Waals surface area contributed by atoms with Crippen LogP contribution in [0.15, 0.2) is 24.5 Å². The van der Waals surface area contributed by atoms with Gasteiger partial charge in [-0.25, -0.2) is 4.39 Å². The van der Waals surface area contributed by atoms with Gasteiger partial charge in [-0.15, -0.1) is 0 Å². The third-order valence-electron chi connectivity index (χ3n) is 5.47. The summed E-state index contributed by atoms with van der Waals surface area (Å²) in [6.45, 7) is 7.81. The maximum absolute atomic E-state index is 15.6. The van der Waals surface area contributed by atoms with Crippen LogP contribution >= 0.6 is 0 Å². The van der Waals surface area contributed by atoms with Gasteiger partial charge >= 0.3 is 7.12 Å². The molecule has 1 saturated heterocycles. The maximum Gasteiger partial charge on any atom is 0.497 e. The van der Waals surface area contributed by atoms with Crippen molar-refractivity contribution in [2.75, 3.05) is 0 Å². The molecule has 1 fully saturated rings. The summed E-state index contributed by atoms with van der Waals surface area (Å²) in [5, 5.41) is 9.12. The molecule has 2 aromatic heterocycles. The Kier molecular flexibility index (Phi) is 3.58. The SMILES string of the molecule is Cn1cc(-c2nn(C)c3ccc(B4OC(C)(C)C(C)(C)O4)c(F)c23)cn1. The summed E-state index contributed by atoms with van der Waals surface area (Å²) >= 11 is 0. The molecule has 1 aliphatic rings. The van der Waals surface area contributed by atoms with Crippen LogP contribution in [0.1, 0.15) is 27.7 Å². The van der Waals surface area contributed by atoms with Gasteiger partial charge in [0, 0.05) is 31.3 Å². The fourth-order valence-electron chi connectivity index (χ4n) is 3.23. The van der Waals surface area contributed by atoms with E-state index in [4.69, 9.17) is 9.31 Å². The van der Waals surface area contributed by atoms with Crippen LogP contribution in [0.4, 0.5) is 4.39 Å². The first-order valence-corrected chi connectivity index (χ1v) is 8.60. The Bertz CT molecular complexity index is 992. The number of aryl methyl sites for hydroxylation is 2. The molecule has 0 amide bonds. The molecule has 0 bridgehead atoms. The van der Waals surface area contributed by atoms with E-state index in [1.807, 2.05) is 47.0 Å². The quantitative estimate of drug-likeness (QED) is 0.662. The van der Waals surface area contributed by atoms with E-state index in [0.29, 0.717) is 22.1 Å². The van der Waals surface area contributed by atoms with Crippen molar-refractivity contribution in [1.82, 2.24) is 19.6 Å². The number of halogens is 1. The highest BCUT2D eigenvalue weighted by Crippen LogP contribution is 2.37. The molecule has 3 aromatic rings. The monoisotopic (exact) mass is 356 g/mol. The summed E-state index contributed by atoms with van der Waals surface area (Å²) < 4.78 is 31.0. The fraction of sp³-hybridized carbons (Fsp3) is 0.444. The smallest absolute Gasteiger partial charge is 0.399 e. The molecule has 26 heavy (non-hydrogen) atoms. The van der Waals surface area contributed by atoms with E-state index in [9.17, 15) is 0 Å². The number of hydrogen-bond acceptors (Lipinski definition) is 4. The largest absolute Gasteiger partial charge is 0.497 e. The molecular formula is C18H22BFN4O2. The second-order valence-corrected chi connectivity index (χ2v) is 7.83. The Morgan fingerprint density at radius 2 is 1.73 bits per heavy atom. The van der Waals surface area contributed by atoms with Gasteiger partial charge in [0.15, 0.2) is 0 Å². The van der Waals surface area contributed by atoms with Crippen molar-refractivity contribution in [2.24, 2.45) is 14.1 Å². The molecular weight excluding hydrogens is 334 g/mol. The van der Waals surface area contributed by atoms with Gasteiger partial charge in [-0.05, 0) is 33.8 Å². The van der Waals surface area contributed by atoms with Crippen molar-refractivity contribution in [3.63, 3.8) is 0 Å². The van der Waals surface area contributed by atoms with E-state index in [2.05, 4.69) is 10.2 Å². The minimum Gasteiger partial charge on any atom is -0.399 e. The van der Waals surface area contributed by atoms with E-state index >= 15 is 4.39 Å². The molecule has 0 N–H and O–H groups in total. The highest BCUT2D eigenvalue weighted by molar-refractivity contribution is 6.62. The first-order chi connectivity index (χ1) is 12.1. The molecule has 1 aliphatic heterocycles. The van der Waals surface area contributed by atoms with E-state index in [-0.39, 0.29) is 5.82 Å². The van der Waals surface area contributed by atoms with Crippen LogP contribution in [0.25, 0.3) is 22.2 Å². The van der Waals surface area contributed by atoms with Gasteiger partial charge in [-0.2, -0.15) is 10.2 Å².